The zero-order chi connectivity index (χ0) is 21.3. The maximum absolute atomic E-state index is 11.2. The molecule has 0 fully saturated rings. The van der Waals surface area contributed by atoms with Gasteiger partial charge in [-0.3, -0.25) is 0 Å². The van der Waals surface area contributed by atoms with Crippen molar-refractivity contribution >= 4 is 18.4 Å². The number of carboxylic acid groups (broad SMARTS) is 1. The quantitative estimate of drug-likeness (QED) is 0.377. The molecule has 30 heavy (non-hydrogen) atoms. The molecule has 0 saturated carbocycles. The van der Waals surface area contributed by atoms with Crippen LogP contribution in [0.3, 0.4) is 0 Å². The highest BCUT2D eigenvalue weighted by atomic mass is 16.4. The molecule has 5 nitrogen and oxygen atoms in total. The molecule has 0 atom stereocenters. The van der Waals surface area contributed by atoms with Crippen LogP contribution < -0.4 is 0 Å². The van der Waals surface area contributed by atoms with E-state index in [0.717, 1.165) is 27.9 Å². The maximum Gasteiger partial charge on any atom is 0.339 e. The first-order valence-electron chi connectivity index (χ1n) is 9.26. The second-order valence-corrected chi connectivity index (χ2v) is 6.94. The second kappa shape index (κ2) is 7.61. The van der Waals surface area contributed by atoms with Gasteiger partial charge in [0.05, 0.1) is 11.8 Å². The molecule has 0 amide bonds. The molecule has 1 aromatic heterocycles. The van der Waals surface area contributed by atoms with E-state index in [2.05, 4.69) is 24.9 Å². The molecule has 5 heteroatoms. The number of phenols is 1. The number of nitrogens with zero attached hydrogens (tertiary/aromatic N) is 2. The molecule has 0 bridgehead atoms. The van der Waals surface area contributed by atoms with Crippen molar-refractivity contribution in [3.05, 3.63) is 90.8 Å². The van der Waals surface area contributed by atoms with Crippen molar-refractivity contribution in [1.82, 2.24) is 4.57 Å². The Balaban J connectivity index is 1.88. The van der Waals surface area contributed by atoms with Crippen molar-refractivity contribution in [1.29, 1.82) is 0 Å². The zero-order valence-electron chi connectivity index (χ0n) is 16.3. The molecule has 0 aliphatic heterocycles. The van der Waals surface area contributed by atoms with E-state index in [4.69, 9.17) is 5.11 Å². The summed E-state index contributed by atoms with van der Waals surface area (Å²) < 4.78 is 3.62. The Kier molecular flexibility index (Phi) is 4.83. The average Bonchev–Trinajstić information content (AvgIpc) is 3.20. The minimum atomic E-state index is -1.17. The average molecular weight is 395 g/mol. The Labute approximate surface area is 174 Å². The summed E-state index contributed by atoms with van der Waals surface area (Å²) in [5.41, 5.74) is 5.45. The van der Waals surface area contributed by atoms with Gasteiger partial charge in [-0.15, -0.1) is 0 Å². The predicted octanol–water partition coefficient (Wildman–Crippen LogP) is 4.79. The smallest absolute Gasteiger partial charge is 0.339 e. The van der Waals surface area contributed by atoms with E-state index in [0.29, 0.717) is 5.69 Å². The Morgan fingerprint density at radius 2 is 1.80 bits per heavy atom. The molecule has 4 rings (SSSR count). The van der Waals surface area contributed by atoms with Crippen LogP contribution in [0.5, 0.6) is 5.75 Å². The number of hydrogen-bond donors (Lipinski definition) is 2. The van der Waals surface area contributed by atoms with Crippen LogP contribution >= 0.6 is 0 Å². The van der Waals surface area contributed by atoms with E-state index < -0.39 is 5.97 Å². The largest absolute Gasteiger partial charge is 0.507 e. The SMILES string of the molecule is C=[N+](C)c1cn(-c2ccc(C(=O)O)c(O)c2)cc1-c1ccccc1-c1cc#ccc1. The molecule has 0 radical (unpaired) electrons. The van der Waals surface area contributed by atoms with Crippen molar-refractivity contribution < 1.29 is 19.6 Å². The Hall–Kier alpha value is -4.30. The van der Waals surface area contributed by atoms with E-state index in [-0.39, 0.29) is 11.3 Å². The van der Waals surface area contributed by atoms with Gasteiger partial charge in [0, 0.05) is 18.0 Å². The molecule has 0 aliphatic carbocycles. The van der Waals surface area contributed by atoms with Gasteiger partial charge in [-0.25, -0.2) is 9.37 Å². The van der Waals surface area contributed by atoms with E-state index in [1.165, 1.54) is 12.1 Å². The minimum absolute atomic E-state index is 0.136. The number of aromatic hydroxyl groups is 1. The van der Waals surface area contributed by atoms with Crippen molar-refractivity contribution in [3.63, 3.8) is 0 Å². The Bertz CT molecular complexity index is 1260. The van der Waals surface area contributed by atoms with Crippen LogP contribution in [0.1, 0.15) is 10.4 Å². The van der Waals surface area contributed by atoms with Gasteiger partial charge >= 0.3 is 5.97 Å². The van der Waals surface area contributed by atoms with Gasteiger partial charge in [-0.2, -0.15) is 0 Å². The van der Waals surface area contributed by atoms with Crippen molar-refractivity contribution in [2.24, 2.45) is 0 Å². The fraction of sp³-hybridized carbons (Fsp3) is 0.0400. The Morgan fingerprint density at radius 3 is 2.43 bits per heavy atom. The summed E-state index contributed by atoms with van der Waals surface area (Å²) in [4.78, 5) is 11.2. The summed E-state index contributed by atoms with van der Waals surface area (Å²) in [5, 5.41) is 19.2. The molecule has 0 saturated heterocycles. The summed E-state index contributed by atoms with van der Waals surface area (Å²) in [7, 11) is 1.86. The molecule has 0 aliphatic rings. The molecule has 1 heterocycles. The van der Waals surface area contributed by atoms with Crippen LogP contribution in [0, 0.1) is 12.1 Å². The third-order valence-electron chi connectivity index (χ3n) is 4.91. The maximum atomic E-state index is 11.2. The number of benzene rings is 2. The molecule has 0 unspecified atom stereocenters. The monoisotopic (exact) mass is 395 g/mol. The molecule has 3 aromatic carbocycles. The summed E-state index contributed by atoms with van der Waals surface area (Å²) >= 11 is 0. The standard InChI is InChI=1S/C25H18N2O3/c1-26(2)23-16-27(18-12-13-21(25(29)30)24(28)14-18)15-22(23)20-11-7-6-10-19(20)17-8-4-3-5-9-17/h4,6-16H,1H2,2H3,(H-,28,29,30)/p+1. The van der Waals surface area contributed by atoms with Crippen LogP contribution in [0.4, 0.5) is 5.69 Å². The number of hydrogen-bond acceptors (Lipinski definition) is 2. The topological polar surface area (TPSA) is 65.5 Å². The van der Waals surface area contributed by atoms with Crippen molar-refractivity contribution in [2.45, 2.75) is 0 Å². The van der Waals surface area contributed by atoms with Crippen LogP contribution in [-0.2, 0) is 0 Å². The minimum Gasteiger partial charge on any atom is -0.507 e. The molecule has 0 spiro atoms. The van der Waals surface area contributed by atoms with Crippen LogP contribution in [0.15, 0.2) is 73.1 Å². The molecule has 2 N–H and O–H groups in total. The van der Waals surface area contributed by atoms with Crippen molar-refractivity contribution in [2.75, 3.05) is 7.05 Å². The van der Waals surface area contributed by atoms with Gasteiger partial charge in [-0.1, -0.05) is 36.4 Å². The highest BCUT2D eigenvalue weighted by Gasteiger charge is 2.20. The van der Waals surface area contributed by atoms with E-state index in [9.17, 15) is 9.90 Å². The molecular formula is C25H19N2O3+. The highest BCUT2D eigenvalue weighted by Crippen LogP contribution is 2.38. The predicted molar refractivity (Wildman–Crippen MR) is 116 cm³/mol. The van der Waals surface area contributed by atoms with E-state index in [1.54, 1.807) is 10.6 Å². The van der Waals surface area contributed by atoms with Gasteiger partial charge < -0.3 is 14.8 Å². The van der Waals surface area contributed by atoms with E-state index in [1.807, 2.05) is 60.4 Å². The molecule has 4 aromatic rings. The van der Waals surface area contributed by atoms with Gasteiger partial charge in [-0.05, 0) is 47.0 Å². The third kappa shape index (κ3) is 3.43. The lowest BCUT2D eigenvalue weighted by atomic mass is 9.96. The lowest BCUT2D eigenvalue weighted by Gasteiger charge is -2.08. The fourth-order valence-electron chi connectivity index (χ4n) is 3.45. The van der Waals surface area contributed by atoms with Gasteiger partial charge in [0.1, 0.15) is 25.1 Å². The number of aromatic nitrogens is 1. The number of carboxylic acids is 1. The first-order chi connectivity index (χ1) is 14.5. The lowest BCUT2D eigenvalue weighted by Crippen LogP contribution is -1.98. The van der Waals surface area contributed by atoms with Crippen LogP contribution in [0.2, 0.25) is 0 Å². The lowest BCUT2D eigenvalue weighted by molar-refractivity contribution is -0.393. The number of aromatic carboxylic acids is 1. The van der Waals surface area contributed by atoms with Gasteiger partial charge in [0.15, 0.2) is 0 Å². The second-order valence-electron chi connectivity index (χ2n) is 6.94. The Morgan fingerprint density at radius 1 is 1.03 bits per heavy atom. The van der Waals surface area contributed by atoms with Gasteiger partial charge in [0.2, 0.25) is 5.69 Å². The third-order valence-corrected chi connectivity index (χ3v) is 4.91. The molecule has 146 valence electrons. The summed E-state index contributed by atoms with van der Waals surface area (Å²) in [6.07, 6.45) is 3.85. The number of rotatable bonds is 5. The van der Waals surface area contributed by atoms with E-state index >= 15 is 0 Å². The van der Waals surface area contributed by atoms with Crippen molar-refractivity contribution in [3.8, 4) is 33.7 Å². The normalized spacial score (nSPS) is 10.4. The van der Waals surface area contributed by atoms with Crippen LogP contribution in [0.25, 0.3) is 27.9 Å². The first-order valence-corrected chi connectivity index (χ1v) is 9.26. The highest BCUT2D eigenvalue weighted by molar-refractivity contribution is 5.91. The summed E-state index contributed by atoms with van der Waals surface area (Å²) in [5.74, 6) is -1.45. The number of carbonyl (C=O) groups is 1. The summed E-state index contributed by atoms with van der Waals surface area (Å²) in [6.45, 7) is 4.04. The summed E-state index contributed by atoms with van der Waals surface area (Å²) in [6, 6.07) is 24.2. The molecular weight excluding hydrogens is 376 g/mol. The first kappa shape index (κ1) is 19.0. The fourth-order valence-corrected chi connectivity index (χ4v) is 3.45. The van der Waals surface area contributed by atoms with Crippen LogP contribution in [-0.4, -0.2) is 39.1 Å². The zero-order valence-corrected chi connectivity index (χ0v) is 16.3. The van der Waals surface area contributed by atoms with Gasteiger partial charge in [0.25, 0.3) is 0 Å².